The Hall–Kier alpha value is -0.460. The van der Waals surface area contributed by atoms with Crippen molar-refractivity contribution in [2.75, 3.05) is 44.2 Å². The Kier molecular flexibility index (Phi) is 8.25. The van der Waals surface area contributed by atoms with E-state index in [1.54, 1.807) is 0 Å². The summed E-state index contributed by atoms with van der Waals surface area (Å²) in [4.78, 5) is 4.85. The fourth-order valence-corrected chi connectivity index (χ4v) is 3.18. The molecule has 1 saturated heterocycles. The molecule has 1 aliphatic rings. The summed E-state index contributed by atoms with van der Waals surface area (Å²) in [5.41, 5.74) is 5.75. The van der Waals surface area contributed by atoms with Crippen LogP contribution < -0.4 is 5.73 Å². The van der Waals surface area contributed by atoms with Crippen LogP contribution in [0.1, 0.15) is 26.7 Å². The first-order valence-electron chi connectivity index (χ1n) is 7.24. The first-order chi connectivity index (χ1) is 9.22. The Morgan fingerprint density at radius 1 is 1.32 bits per heavy atom. The highest BCUT2D eigenvalue weighted by atomic mass is 32.2. The molecule has 0 saturated carbocycles. The molecule has 1 rings (SSSR count). The normalized spacial score (nSPS) is 20.6. The highest BCUT2D eigenvalue weighted by molar-refractivity contribution is 7.99. The molecule has 0 spiro atoms. The van der Waals surface area contributed by atoms with Crippen LogP contribution in [-0.2, 0) is 0 Å². The van der Waals surface area contributed by atoms with Crippen LogP contribution in [0.15, 0.2) is 5.16 Å². The second-order valence-corrected chi connectivity index (χ2v) is 6.27. The Morgan fingerprint density at radius 3 is 2.53 bits per heavy atom. The van der Waals surface area contributed by atoms with Crippen molar-refractivity contribution < 1.29 is 5.21 Å². The molecule has 112 valence electrons. The maximum absolute atomic E-state index is 8.81. The van der Waals surface area contributed by atoms with E-state index in [2.05, 4.69) is 28.8 Å². The van der Waals surface area contributed by atoms with Gasteiger partial charge in [0.25, 0.3) is 0 Å². The molecule has 1 fully saturated rings. The standard InChI is InChI=1S/C13H28N4OS/c1-3-12(13(14)15-18)17-9-7-16(8-10-17)6-5-11-19-4-2/h12,18H,3-11H2,1-2H3,(H2,14,15). The van der Waals surface area contributed by atoms with Crippen molar-refractivity contribution in [2.45, 2.75) is 32.7 Å². The van der Waals surface area contributed by atoms with E-state index in [9.17, 15) is 0 Å². The molecule has 19 heavy (non-hydrogen) atoms. The predicted octanol–water partition coefficient (Wildman–Crippen LogP) is 1.27. The fourth-order valence-electron chi connectivity index (χ4n) is 2.55. The minimum Gasteiger partial charge on any atom is -0.409 e. The summed E-state index contributed by atoms with van der Waals surface area (Å²) in [5, 5.41) is 12.0. The number of nitrogens with two attached hydrogens (primary N) is 1. The van der Waals surface area contributed by atoms with Gasteiger partial charge in [-0.25, -0.2) is 0 Å². The van der Waals surface area contributed by atoms with Gasteiger partial charge in [-0.2, -0.15) is 11.8 Å². The third-order valence-corrected chi connectivity index (χ3v) is 4.64. The van der Waals surface area contributed by atoms with E-state index >= 15 is 0 Å². The monoisotopic (exact) mass is 288 g/mol. The summed E-state index contributed by atoms with van der Waals surface area (Å²) >= 11 is 2.02. The Bertz CT molecular complexity index is 267. The second-order valence-electron chi connectivity index (χ2n) is 4.88. The number of nitrogens with zero attached hydrogens (tertiary/aromatic N) is 3. The molecule has 0 radical (unpaired) electrons. The molecule has 0 aromatic carbocycles. The van der Waals surface area contributed by atoms with Crippen LogP contribution in [0.4, 0.5) is 0 Å². The molecule has 3 N–H and O–H groups in total. The quantitative estimate of drug-likeness (QED) is 0.231. The SMILES string of the molecule is CCSCCCN1CCN(C(CC)C(N)=NO)CC1. The van der Waals surface area contributed by atoms with Gasteiger partial charge in [-0.1, -0.05) is 19.0 Å². The van der Waals surface area contributed by atoms with Crippen molar-refractivity contribution in [2.24, 2.45) is 10.9 Å². The molecule has 1 heterocycles. The van der Waals surface area contributed by atoms with Crippen molar-refractivity contribution in [3.8, 4) is 0 Å². The number of rotatable bonds is 8. The van der Waals surface area contributed by atoms with E-state index in [1.807, 2.05) is 11.8 Å². The summed E-state index contributed by atoms with van der Waals surface area (Å²) in [6, 6.07) is 0.0859. The third kappa shape index (κ3) is 5.58. The van der Waals surface area contributed by atoms with Crippen molar-refractivity contribution in [1.29, 1.82) is 0 Å². The van der Waals surface area contributed by atoms with Crippen LogP contribution in [0.2, 0.25) is 0 Å². The molecular formula is C13H28N4OS. The van der Waals surface area contributed by atoms with E-state index in [-0.39, 0.29) is 6.04 Å². The fraction of sp³-hybridized carbons (Fsp3) is 0.923. The lowest BCUT2D eigenvalue weighted by atomic mass is 10.1. The van der Waals surface area contributed by atoms with Crippen molar-refractivity contribution in [1.82, 2.24) is 9.80 Å². The lowest BCUT2D eigenvalue weighted by molar-refractivity contribution is 0.115. The number of thioether (sulfide) groups is 1. The summed E-state index contributed by atoms with van der Waals surface area (Å²) < 4.78 is 0. The van der Waals surface area contributed by atoms with Crippen LogP contribution in [0.5, 0.6) is 0 Å². The average Bonchev–Trinajstić information content (AvgIpc) is 2.45. The van der Waals surface area contributed by atoms with Crippen LogP contribution in [0.25, 0.3) is 0 Å². The van der Waals surface area contributed by atoms with Gasteiger partial charge in [0.1, 0.15) is 0 Å². The van der Waals surface area contributed by atoms with Crippen LogP contribution >= 0.6 is 11.8 Å². The van der Waals surface area contributed by atoms with Crippen molar-refractivity contribution in [3.05, 3.63) is 0 Å². The second kappa shape index (κ2) is 9.44. The zero-order chi connectivity index (χ0) is 14.1. The van der Waals surface area contributed by atoms with Gasteiger partial charge in [0.15, 0.2) is 5.84 Å². The summed E-state index contributed by atoms with van der Waals surface area (Å²) in [5.74, 6) is 2.82. The minimum absolute atomic E-state index is 0.0859. The van der Waals surface area contributed by atoms with Crippen LogP contribution in [0, 0.1) is 0 Å². The van der Waals surface area contributed by atoms with E-state index in [4.69, 9.17) is 10.9 Å². The van der Waals surface area contributed by atoms with E-state index < -0.39 is 0 Å². The smallest absolute Gasteiger partial charge is 0.156 e. The van der Waals surface area contributed by atoms with Gasteiger partial charge < -0.3 is 15.8 Å². The Balaban J connectivity index is 2.27. The predicted molar refractivity (Wildman–Crippen MR) is 83.1 cm³/mol. The number of amidine groups is 1. The number of oxime groups is 1. The molecule has 1 atom stereocenters. The zero-order valence-electron chi connectivity index (χ0n) is 12.2. The van der Waals surface area contributed by atoms with Gasteiger partial charge in [-0.15, -0.1) is 0 Å². The summed E-state index contributed by atoms with van der Waals surface area (Å²) in [7, 11) is 0. The lowest BCUT2D eigenvalue weighted by Crippen LogP contribution is -2.54. The van der Waals surface area contributed by atoms with Gasteiger partial charge in [-0.05, 0) is 30.9 Å². The minimum atomic E-state index is 0.0859. The average molecular weight is 288 g/mol. The highest BCUT2D eigenvalue weighted by Crippen LogP contribution is 2.11. The zero-order valence-corrected chi connectivity index (χ0v) is 13.0. The molecule has 5 nitrogen and oxygen atoms in total. The molecule has 0 bridgehead atoms. The van der Waals surface area contributed by atoms with Gasteiger partial charge in [0.2, 0.25) is 0 Å². The van der Waals surface area contributed by atoms with Crippen molar-refractivity contribution >= 4 is 17.6 Å². The first kappa shape index (κ1) is 16.6. The molecule has 0 aromatic heterocycles. The largest absolute Gasteiger partial charge is 0.409 e. The summed E-state index contributed by atoms with van der Waals surface area (Å²) in [6.45, 7) is 9.68. The number of hydrogen-bond acceptors (Lipinski definition) is 5. The van der Waals surface area contributed by atoms with E-state index in [0.717, 1.165) is 32.6 Å². The highest BCUT2D eigenvalue weighted by Gasteiger charge is 2.25. The first-order valence-corrected chi connectivity index (χ1v) is 8.39. The molecule has 0 aliphatic carbocycles. The van der Waals surface area contributed by atoms with Gasteiger partial charge in [-0.3, -0.25) is 4.90 Å². The topological polar surface area (TPSA) is 65.1 Å². The number of piperazine rings is 1. The number of hydrogen-bond donors (Lipinski definition) is 2. The molecular weight excluding hydrogens is 260 g/mol. The van der Waals surface area contributed by atoms with E-state index in [1.165, 1.54) is 24.5 Å². The summed E-state index contributed by atoms with van der Waals surface area (Å²) in [6.07, 6.45) is 2.17. The maximum atomic E-state index is 8.81. The van der Waals surface area contributed by atoms with Crippen LogP contribution in [0.3, 0.4) is 0 Å². The molecule has 0 aromatic rings. The van der Waals surface area contributed by atoms with Gasteiger partial charge >= 0.3 is 0 Å². The Labute approximate surface area is 121 Å². The van der Waals surface area contributed by atoms with Gasteiger partial charge in [0.05, 0.1) is 6.04 Å². The molecule has 1 unspecified atom stereocenters. The van der Waals surface area contributed by atoms with Crippen LogP contribution in [-0.4, -0.2) is 71.1 Å². The maximum Gasteiger partial charge on any atom is 0.156 e. The lowest BCUT2D eigenvalue weighted by Gasteiger charge is -2.38. The third-order valence-electron chi connectivity index (χ3n) is 3.66. The molecule has 0 amide bonds. The van der Waals surface area contributed by atoms with E-state index in [0.29, 0.717) is 5.84 Å². The molecule has 6 heteroatoms. The van der Waals surface area contributed by atoms with Gasteiger partial charge in [0, 0.05) is 26.2 Å². The molecule has 1 aliphatic heterocycles. The van der Waals surface area contributed by atoms with Crippen molar-refractivity contribution in [3.63, 3.8) is 0 Å². The Morgan fingerprint density at radius 2 is 2.00 bits per heavy atom.